The summed E-state index contributed by atoms with van der Waals surface area (Å²) in [4.78, 5) is 30.3. The molecule has 3 aliphatic heterocycles. The monoisotopic (exact) mass is 425 g/mol. The molecule has 4 rings (SSSR count). The van der Waals surface area contributed by atoms with Gasteiger partial charge in [-0.15, -0.1) is 4.58 Å². The number of aliphatic imine (C=N–C) groups is 1. The Morgan fingerprint density at radius 3 is 2.71 bits per heavy atom. The van der Waals surface area contributed by atoms with E-state index < -0.39 is 18.0 Å². The van der Waals surface area contributed by atoms with Crippen molar-refractivity contribution in [2.45, 2.75) is 26.4 Å². The van der Waals surface area contributed by atoms with Gasteiger partial charge in [-0.3, -0.25) is 0 Å². The van der Waals surface area contributed by atoms with E-state index in [9.17, 15) is 14.0 Å². The molecule has 1 atom stereocenters. The number of hydrogen-bond donors (Lipinski definition) is 0. The number of amides is 1. The molecule has 0 fully saturated rings. The van der Waals surface area contributed by atoms with E-state index in [-0.39, 0.29) is 24.6 Å². The molecule has 1 aromatic rings. The van der Waals surface area contributed by atoms with Gasteiger partial charge in [0.25, 0.3) is 5.71 Å². The predicted octanol–water partition coefficient (Wildman–Crippen LogP) is 2.47. The van der Waals surface area contributed by atoms with Gasteiger partial charge in [-0.05, 0) is 38.0 Å². The third kappa shape index (κ3) is 3.74. The summed E-state index contributed by atoms with van der Waals surface area (Å²) in [6, 6.07) is 6.19. The smallest absolute Gasteiger partial charge is 0.433 e. The van der Waals surface area contributed by atoms with Gasteiger partial charge in [-0.1, -0.05) is 12.1 Å². The zero-order valence-corrected chi connectivity index (χ0v) is 17.5. The number of rotatable bonds is 6. The van der Waals surface area contributed by atoms with Crippen molar-refractivity contribution in [3.8, 4) is 0 Å². The van der Waals surface area contributed by atoms with Gasteiger partial charge >= 0.3 is 11.9 Å². The highest BCUT2D eigenvalue weighted by atomic mass is 19.1. The lowest BCUT2D eigenvalue weighted by Crippen LogP contribution is -2.50. The van der Waals surface area contributed by atoms with Crippen LogP contribution in [0, 0.1) is 5.82 Å². The molecule has 3 heterocycles. The maximum absolute atomic E-state index is 13.3. The van der Waals surface area contributed by atoms with Crippen molar-refractivity contribution in [3.63, 3.8) is 0 Å². The minimum Gasteiger partial charge on any atom is -0.470 e. The first-order valence-electron chi connectivity index (χ1n) is 9.91. The van der Waals surface area contributed by atoms with E-state index in [2.05, 4.69) is 4.99 Å². The Balaban J connectivity index is 1.81. The number of hydrogen-bond acceptors (Lipinski definition) is 6. The zero-order chi connectivity index (χ0) is 22.1. The summed E-state index contributed by atoms with van der Waals surface area (Å²) in [7, 11) is 1.53. The van der Waals surface area contributed by atoms with Crippen molar-refractivity contribution in [3.05, 3.63) is 70.5 Å². The number of carbonyl (C=O) groups is 2. The lowest BCUT2D eigenvalue weighted by atomic mass is 9.87. The van der Waals surface area contributed by atoms with E-state index in [1.165, 1.54) is 30.0 Å². The van der Waals surface area contributed by atoms with Crippen LogP contribution < -0.4 is 0 Å². The molecule has 7 nitrogen and oxygen atoms in total. The van der Waals surface area contributed by atoms with E-state index >= 15 is 0 Å². The lowest BCUT2D eigenvalue weighted by Gasteiger charge is -2.30. The fourth-order valence-electron chi connectivity index (χ4n) is 3.84. The summed E-state index contributed by atoms with van der Waals surface area (Å²) in [5.41, 5.74) is 3.14. The first-order valence-corrected chi connectivity index (χ1v) is 9.91. The number of esters is 1. The normalized spacial score (nSPS) is 19.9. The fraction of sp³-hybridized carbons (Fsp3) is 0.304. The van der Waals surface area contributed by atoms with E-state index in [0.29, 0.717) is 29.2 Å². The summed E-state index contributed by atoms with van der Waals surface area (Å²) in [5, 5.41) is 0. The van der Waals surface area contributed by atoms with Crippen LogP contribution in [0.2, 0.25) is 0 Å². The highest BCUT2D eigenvalue weighted by molar-refractivity contribution is 6.52. The standard InChI is InChI=1S/C23H22FN2O5/c1-4-30-23(28)18-13(2)19-20-21(31-17(12-29-3)11-26(20)22(18)27)15(10-25-19)9-14-5-7-16(24)8-6-14/h5-8,10-11,21H,4,9,12H2,1-3H3/q+1. The topological polar surface area (TPSA) is 77.2 Å². The summed E-state index contributed by atoms with van der Waals surface area (Å²) < 4.78 is 31.1. The largest absolute Gasteiger partial charge is 0.470 e. The van der Waals surface area contributed by atoms with Crippen molar-refractivity contribution in [1.82, 2.24) is 0 Å². The van der Waals surface area contributed by atoms with Crippen LogP contribution in [0.5, 0.6) is 0 Å². The zero-order valence-electron chi connectivity index (χ0n) is 17.5. The average molecular weight is 425 g/mol. The third-order valence-corrected chi connectivity index (χ3v) is 5.24. The van der Waals surface area contributed by atoms with Gasteiger partial charge in [-0.2, -0.15) is 0 Å². The Labute approximate surface area is 178 Å². The van der Waals surface area contributed by atoms with E-state index in [1.807, 2.05) is 0 Å². The van der Waals surface area contributed by atoms with E-state index in [0.717, 1.165) is 11.1 Å². The van der Waals surface area contributed by atoms with Gasteiger partial charge in [-0.25, -0.2) is 19.0 Å². The molecule has 1 aromatic carbocycles. The average Bonchev–Trinajstić information content (AvgIpc) is 2.75. The number of allylic oxidation sites excluding steroid dienone is 1. The quantitative estimate of drug-likeness (QED) is 0.398. The first kappa shape index (κ1) is 20.9. The molecule has 1 amide bonds. The Kier molecular flexibility index (Phi) is 5.65. The Hall–Kier alpha value is -3.39. The molecule has 31 heavy (non-hydrogen) atoms. The van der Waals surface area contributed by atoms with Crippen LogP contribution in [0.1, 0.15) is 19.4 Å². The maximum atomic E-state index is 13.3. The van der Waals surface area contributed by atoms with Gasteiger partial charge in [0.1, 0.15) is 18.1 Å². The number of halogens is 1. The molecule has 3 aliphatic rings. The third-order valence-electron chi connectivity index (χ3n) is 5.24. The van der Waals surface area contributed by atoms with Crippen molar-refractivity contribution in [2.75, 3.05) is 20.3 Å². The molecule has 8 heteroatoms. The van der Waals surface area contributed by atoms with Crippen LogP contribution >= 0.6 is 0 Å². The second kappa shape index (κ2) is 8.39. The number of carbonyl (C=O) groups excluding carboxylic acids is 2. The van der Waals surface area contributed by atoms with E-state index in [4.69, 9.17) is 14.2 Å². The molecule has 0 bridgehead atoms. The molecule has 160 valence electrons. The van der Waals surface area contributed by atoms with Crippen LogP contribution in [0.25, 0.3) is 0 Å². The number of methoxy groups -OCH3 is 1. The van der Waals surface area contributed by atoms with Crippen molar-refractivity contribution >= 4 is 23.3 Å². The molecule has 0 N–H and O–H groups in total. The highest BCUT2D eigenvalue weighted by Crippen LogP contribution is 2.31. The summed E-state index contributed by atoms with van der Waals surface area (Å²) in [5.74, 6) is -1.04. The molecule has 0 spiro atoms. The highest BCUT2D eigenvalue weighted by Gasteiger charge is 2.50. The lowest BCUT2D eigenvalue weighted by molar-refractivity contribution is -0.386. The Bertz CT molecular complexity index is 1110. The van der Waals surface area contributed by atoms with E-state index in [1.54, 1.807) is 32.2 Å². The fourth-order valence-corrected chi connectivity index (χ4v) is 3.84. The first-order chi connectivity index (χ1) is 14.9. The Morgan fingerprint density at radius 2 is 2.03 bits per heavy atom. The minimum absolute atomic E-state index is 0.0478. The van der Waals surface area contributed by atoms with Crippen LogP contribution in [-0.4, -0.2) is 54.3 Å². The van der Waals surface area contributed by atoms with Gasteiger partial charge < -0.3 is 14.2 Å². The molecular weight excluding hydrogens is 403 g/mol. The Morgan fingerprint density at radius 1 is 1.29 bits per heavy atom. The van der Waals surface area contributed by atoms with Crippen LogP contribution in [0.4, 0.5) is 4.39 Å². The molecule has 0 saturated carbocycles. The second-order valence-electron chi connectivity index (χ2n) is 7.29. The number of ether oxygens (including phenoxy) is 3. The van der Waals surface area contributed by atoms with Crippen molar-refractivity contribution in [1.29, 1.82) is 0 Å². The SMILES string of the molecule is CCOC(=O)C1=C(C)C2=NC=C(Cc3ccc(F)cc3)C3OC(COC)=C[N+](=C23)C1=O. The molecule has 0 saturated heterocycles. The second-order valence-corrected chi connectivity index (χ2v) is 7.29. The number of benzene rings is 1. The van der Waals surface area contributed by atoms with Crippen LogP contribution in [0.3, 0.4) is 0 Å². The number of nitrogens with zero attached hydrogens (tertiary/aromatic N) is 2. The molecule has 0 radical (unpaired) electrons. The maximum Gasteiger partial charge on any atom is 0.433 e. The van der Waals surface area contributed by atoms with Gasteiger partial charge in [0.05, 0.1) is 6.61 Å². The van der Waals surface area contributed by atoms with Crippen molar-refractivity contribution < 1.29 is 32.8 Å². The van der Waals surface area contributed by atoms with Crippen molar-refractivity contribution in [2.24, 2.45) is 4.99 Å². The molecule has 0 aliphatic carbocycles. The molecular formula is C23H22FN2O5+. The summed E-state index contributed by atoms with van der Waals surface area (Å²) >= 11 is 0. The molecule has 0 aromatic heterocycles. The predicted molar refractivity (Wildman–Crippen MR) is 110 cm³/mol. The van der Waals surface area contributed by atoms with Gasteiger partial charge in [0.15, 0.2) is 11.3 Å². The van der Waals surface area contributed by atoms with Gasteiger partial charge in [0.2, 0.25) is 12.3 Å². The summed E-state index contributed by atoms with van der Waals surface area (Å²) in [6.07, 6.45) is 3.08. The van der Waals surface area contributed by atoms with Crippen LogP contribution in [-0.2, 0) is 30.2 Å². The summed E-state index contributed by atoms with van der Waals surface area (Å²) in [6.45, 7) is 3.67. The van der Waals surface area contributed by atoms with Crippen LogP contribution in [0.15, 0.2) is 64.1 Å². The molecule has 1 unspecified atom stereocenters. The minimum atomic E-state index is -0.683. The van der Waals surface area contributed by atoms with Gasteiger partial charge in [0, 0.05) is 24.5 Å².